The van der Waals surface area contributed by atoms with Crippen molar-refractivity contribution >= 4 is 23.3 Å². The molecule has 0 aliphatic carbocycles. The molecule has 0 spiro atoms. The molecule has 0 heterocycles. The Labute approximate surface area is 120 Å². The topological polar surface area (TPSA) is 81.4 Å². The molecule has 2 aromatic rings. The Kier molecular flexibility index (Phi) is 4.50. The van der Waals surface area contributed by atoms with E-state index >= 15 is 0 Å². The minimum absolute atomic E-state index is 0.253. The van der Waals surface area contributed by atoms with Crippen LogP contribution in [0.1, 0.15) is 10.4 Å². The number of para-hydroxylation sites is 1. The Bertz CT molecular complexity index is 656. The van der Waals surface area contributed by atoms with Gasteiger partial charge in [-0.2, -0.15) is 0 Å². The number of carbonyl (C=O) groups is 2. The van der Waals surface area contributed by atoms with Crippen LogP contribution in [0.2, 0.25) is 0 Å². The number of rotatable bonds is 5. The van der Waals surface area contributed by atoms with Crippen molar-refractivity contribution in [3.8, 4) is 0 Å². The van der Waals surface area contributed by atoms with E-state index in [0.29, 0.717) is 11.4 Å². The standard InChI is InChI=1S/C15H13FN2O3/c16-10-5-7-11(8-6-10)18-13-4-2-1-3-12(13)15(20)21-9-14(17)19/h1-8,18H,9H2,(H2,17,19). The predicted molar refractivity (Wildman–Crippen MR) is 75.6 cm³/mol. The molecular formula is C15H13FN2O3. The van der Waals surface area contributed by atoms with Crippen molar-refractivity contribution in [3.63, 3.8) is 0 Å². The molecule has 108 valence electrons. The fraction of sp³-hybridized carbons (Fsp3) is 0.0667. The highest BCUT2D eigenvalue weighted by Crippen LogP contribution is 2.21. The van der Waals surface area contributed by atoms with E-state index in [0.717, 1.165) is 0 Å². The Morgan fingerprint density at radius 3 is 2.43 bits per heavy atom. The van der Waals surface area contributed by atoms with Gasteiger partial charge in [0.2, 0.25) is 0 Å². The first-order valence-corrected chi connectivity index (χ1v) is 6.13. The van der Waals surface area contributed by atoms with Crippen LogP contribution in [0.5, 0.6) is 0 Å². The number of primary amides is 1. The molecule has 0 unspecified atom stereocenters. The summed E-state index contributed by atoms with van der Waals surface area (Å²) in [6.45, 7) is -0.482. The number of esters is 1. The van der Waals surface area contributed by atoms with E-state index in [-0.39, 0.29) is 11.4 Å². The van der Waals surface area contributed by atoms with Crippen molar-refractivity contribution in [1.29, 1.82) is 0 Å². The predicted octanol–water partition coefficient (Wildman–Crippen LogP) is 2.21. The fourth-order valence-corrected chi connectivity index (χ4v) is 1.67. The zero-order valence-electron chi connectivity index (χ0n) is 11.0. The van der Waals surface area contributed by atoms with Gasteiger partial charge in [0.15, 0.2) is 6.61 Å². The second-order valence-corrected chi connectivity index (χ2v) is 4.22. The third kappa shape index (κ3) is 4.04. The van der Waals surface area contributed by atoms with Gasteiger partial charge in [0.05, 0.1) is 11.3 Å². The number of amides is 1. The Morgan fingerprint density at radius 1 is 1.10 bits per heavy atom. The quantitative estimate of drug-likeness (QED) is 0.826. The summed E-state index contributed by atoms with van der Waals surface area (Å²) in [5, 5.41) is 2.98. The Balaban J connectivity index is 2.18. The van der Waals surface area contributed by atoms with Crippen molar-refractivity contribution in [2.75, 3.05) is 11.9 Å². The summed E-state index contributed by atoms with van der Waals surface area (Å²) in [6, 6.07) is 12.3. The molecule has 0 saturated heterocycles. The van der Waals surface area contributed by atoms with E-state index in [2.05, 4.69) is 5.32 Å². The minimum Gasteiger partial charge on any atom is -0.452 e. The lowest BCUT2D eigenvalue weighted by molar-refractivity contribution is -0.121. The van der Waals surface area contributed by atoms with Crippen LogP contribution < -0.4 is 11.1 Å². The molecule has 0 fully saturated rings. The van der Waals surface area contributed by atoms with Crippen LogP contribution in [0.25, 0.3) is 0 Å². The third-order valence-corrected chi connectivity index (χ3v) is 2.62. The van der Waals surface area contributed by atoms with Crippen molar-refractivity contribution < 1.29 is 18.7 Å². The van der Waals surface area contributed by atoms with E-state index < -0.39 is 18.5 Å². The van der Waals surface area contributed by atoms with Crippen LogP contribution >= 0.6 is 0 Å². The Hall–Kier alpha value is -2.89. The van der Waals surface area contributed by atoms with E-state index in [1.54, 1.807) is 36.4 Å². The Morgan fingerprint density at radius 2 is 1.76 bits per heavy atom. The van der Waals surface area contributed by atoms with E-state index in [1.165, 1.54) is 12.1 Å². The molecule has 2 aromatic carbocycles. The number of ether oxygens (including phenoxy) is 1. The van der Waals surface area contributed by atoms with Gasteiger partial charge >= 0.3 is 5.97 Å². The van der Waals surface area contributed by atoms with Gasteiger partial charge in [0, 0.05) is 5.69 Å². The summed E-state index contributed by atoms with van der Waals surface area (Å²) in [5.41, 5.74) is 6.28. The summed E-state index contributed by atoms with van der Waals surface area (Å²) >= 11 is 0. The maximum atomic E-state index is 12.9. The van der Waals surface area contributed by atoms with Crippen molar-refractivity contribution in [1.82, 2.24) is 0 Å². The van der Waals surface area contributed by atoms with E-state index in [9.17, 15) is 14.0 Å². The molecule has 0 saturated carbocycles. The molecule has 0 aliphatic heterocycles. The molecule has 0 aliphatic rings. The lowest BCUT2D eigenvalue weighted by Crippen LogP contribution is -2.21. The van der Waals surface area contributed by atoms with Crippen molar-refractivity contribution in [2.24, 2.45) is 5.73 Å². The number of halogens is 1. The van der Waals surface area contributed by atoms with E-state index in [1.807, 2.05) is 0 Å². The van der Waals surface area contributed by atoms with Crippen molar-refractivity contribution in [3.05, 3.63) is 59.9 Å². The maximum absolute atomic E-state index is 12.9. The second kappa shape index (κ2) is 6.51. The third-order valence-electron chi connectivity index (χ3n) is 2.62. The van der Waals surface area contributed by atoms with Gasteiger partial charge in [-0.05, 0) is 36.4 Å². The molecular weight excluding hydrogens is 275 g/mol. The van der Waals surface area contributed by atoms with Gasteiger partial charge in [-0.3, -0.25) is 4.79 Å². The van der Waals surface area contributed by atoms with Gasteiger partial charge in [-0.25, -0.2) is 9.18 Å². The van der Waals surface area contributed by atoms with Crippen molar-refractivity contribution in [2.45, 2.75) is 0 Å². The summed E-state index contributed by atoms with van der Waals surface area (Å²) in [5.74, 6) is -1.75. The van der Waals surface area contributed by atoms with Gasteiger partial charge in [0.1, 0.15) is 5.82 Å². The van der Waals surface area contributed by atoms with Crippen LogP contribution in [0.15, 0.2) is 48.5 Å². The van der Waals surface area contributed by atoms with Crippen LogP contribution in [-0.4, -0.2) is 18.5 Å². The van der Waals surface area contributed by atoms with Crippen LogP contribution in [0, 0.1) is 5.82 Å². The number of benzene rings is 2. The molecule has 0 bridgehead atoms. The summed E-state index contributed by atoms with van der Waals surface area (Å²) in [7, 11) is 0. The number of carbonyl (C=O) groups excluding carboxylic acids is 2. The number of anilines is 2. The SMILES string of the molecule is NC(=O)COC(=O)c1ccccc1Nc1ccc(F)cc1. The zero-order chi connectivity index (χ0) is 15.2. The molecule has 2 rings (SSSR count). The summed E-state index contributed by atoms with van der Waals surface area (Å²) in [4.78, 5) is 22.5. The highest BCUT2D eigenvalue weighted by molar-refractivity contribution is 5.97. The van der Waals surface area contributed by atoms with E-state index in [4.69, 9.17) is 10.5 Å². The van der Waals surface area contributed by atoms with Gasteiger partial charge in [-0.15, -0.1) is 0 Å². The average molecular weight is 288 g/mol. The molecule has 6 heteroatoms. The highest BCUT2D eigenvalue weighted by Gasteiger charge is 2.13. The maximum Gasteiger partial charge on any atom is 0.340 e. The average Bonchev–Trinajstić information content (AvgIpc) is 2.48. The van der Waals surface area contributed by atoms with Gasteiger partial charge < -0.3 is 15.8 Å². The second-order valence-electron chi connectivity index (χ2n) is 4.22. The lowest BCUT2D eigenvalue weighted by atomic mass is 10.1. The molecule has 1 amide bonds. The van der Waals surface area contributed by atoms with Gasteiger partial charge in [0.25, 0.3) is 5.91 Å². The molecule has 0 radical (unpaired) electrons. The smallest absolute Gasteiger partial charge is 0.340 e. The minimum atomic E-state index is -0.729. The first kappa shape index (κ1) is 14.5. The monoisotopic (exact) mass is 288 g/mol. The number of hydrogen-bond donors (Lipinski definition) is 2. The summed E-state index contributed by atoms with van der Waals surface area (Å²) < 4.78 is 17.6. The molecule has 3 N–H and O–H groups in total. The number of nitrogens with two attached hydrogens (primary N) is 1. The lowest BCUT2D eigenvalue weighted by Gasteiger charge is -2.11. The molecule has 5 nitrogen and oxygen atoms in total. The molecule has 0 aromatic heterocycles. The van der Waals surface area contributed by atoms with Crippen LogP contribution in [0.4, 0.5) is 15.8 Å². The highest BCUT2D eigenvalue weighted by atomic mass is 19.1. The fourth-order valence-electron chi connectivity index (χ4n) is 1.67. The molecule has 0 atom stereocenters. The summed E-state index contributed by atoms with van der Waals surface area (Å²) in [6.07, 6.45) is 0. The largest absolute Gasteiger partial charge is 0.452 e. The first-order chi connectivity index (χ1) is 10.1. The first-order valence-electron chi connectivity index (χ1n) is 6.13. The number of nitrogens with one attached hydrogen (secondary N) is 1. The van der Waals surface area contributed by atoms with Crippen LogP contribution in [-0.2, 0) is 9.53 Å². The zero-order valence-corrected chi connectivity index (χ0v) is 11.0. The molecule has 21 heavy (non-hydrogen) atoms. The van der Waals surface area contributed by atoms with Gasteiger partial charge in [-0.1, -0.05) is 12.1 Å². The van der Waals surface area contributed by atoms with Crippen LogP contribution in [0.3, 0.4) is 0 Å². The number of hydrogen-bond acceptors (Lipinski definition) is 4. The normalized spacial score (nSPS) is 9.95.